The monoisotopic (exact) mass is 484 g/mol. The average Bonchev–Trinajstić information content (AvgIpc) is 3.16. The predicted molar refractivity (Wildman–Crippen MR) is 137 cm³/mol. The maximum atomic E-state index is 10.6. The molecular formula is C26H48N2O4S. The van der Waals surface area contributed by atoms with Crippen LogP contribution in [0, 0.1) is 6.92 Å². The fraction of sp³-hybridized carbons (Fsp3) is 0.769. The van der Waals surface area contributed by atoms with E-state index in [-0.39, 0.29) is 4.90 Å². The summed E-state index contributed by atoms with van der Waals surface area (Å²) in [6, 6.07) is 6.27. The normalized spacial score (nSPS) is 17.2. The average molecular weight is 485 g/mol. The Morgan fingerprint density at radius 2 is 1.36 bits per heavy atom. The molecular weight excluding hydrogens is 436 g/mol. The van der Waals surface area contributed by atoms with E-state index < -0.39 is 10.1 Å². The summed E-state index contributed by atoms with van der Waals surface area (Å²) in [4.78, 5) is 5.04. The molecule has 1 aromatic carbocycles. The summed E-state index contributed by atoms with van der Waals surface area (Å²) in [5.41, 5.74) is 0.551. The third-order valence-electron chi connectivity index (χ3n) is 6.44. The largest absolute Gasteiger partial charge is 0.395 e. The molecule has 7 heteroatoms. The van der Waals surface area contributed by atoms with Gasteiger partial charge in [-0.3, -0.25) is 14.4 Å². The highest BCUT2D eigenvalue weighted by Crippen LogP contribution is 2.18. The zero-order valence-corrected chi connectivity index (χ0v) is 22.0. The first-order valence-electron chi connectivity index (χ1n) is 13.0. The molecule has 1 heterocycles. The number of benzene rings is 1. The number of rotatable bonds is 15. The van der Waals surface area contributed by atoms with Crippen molar-refractivity contribution in [1.29, 1.82) is 0 Å². The van der Waals surface area contributed by atoms with Crippen LogP contribution in [0.3, 0.4) is 0 Å². The number of nitrogens with zero attached hydrogens (tertiary/aromatic N) is 2. The Bertz CT molecular complexity index is 727. The molecule has 192 valence electrons. The lowest BCUT2D eigenvalue weighted by molar-refractivity contribution is 0.110. The molecule has 0 amide bonds. The Morgan fingerprint density at radius 1 is 0.848 bits per heavy atom. The van der Waals surface area contributed by atoms with Crippen molar-refractivity contribution in [3.63, 3.8) is 0 Å². The van der Waals surface area contributed by atoms with E-state index in [2.05, 4.69) is 23.6 Å². The molecule has 0 aliphatic carbocycles. The topological polar surface area (TPSA) is 81.1 Å². The number of aliphatic hydroxyl groups is 1. The lowest BCUT2D eigenvalue weighted by Crippen LogP contribution is -2.39. The van der Waals surface area contributed by atoms with Gasteiger partial charge >= 0.3 is 0 Å². The van der Waals surface area contributed by atoms with Gasteiger partial charge in [0.2, 0.25) is 0 Å². The summed E-state index contributed by atoms with van der Waals surface area (Å²) < 4.78 is 29.9. The van der Waals surface area contributed by atoms with Crippen LogP contribution in [0.25, 0.3) is 0 Å². The summed E-state index contributed by atoms with van der Waals surface area (Å²) in [5.74, 6) is 0. The second-order valence-corrected chi connectivity index (χ2v) is 10.5. The molecule has 2 rings (SSSR count). The third kappa shape index (κ3) is 12.3. The number of unbranched alkanes of at least 4 members (excludes halogenated alkanes) is 9. The van der Waals surface area contributed by atoms with Gasteiger partial charge in [-0.05, 0) is 37.9 Å². The van der Waals surface area contributed by atoms with Crippen LogP contribution in [0.15, 0.2) is 29.2 Å². The summed E-state index contributed by atoms with van der Waals surface area (Å²) in [7, 11) is -4.03. The number of aliphatic hydroxyl groups excluding tert-OH is 1. The maximum Gasteiger partial charge on any atom is 0.294 e. The quantitative estimate of drug-likeness (QED) is 0.253. The summed E-state index contributed by atoms with van der Waals surface area (Å²) in [6.07, 6.45) is 15.9. The van der Waals surface area contributed by atoms with Crippen LogP contribution in [-0.4, -0.2) is 66.8 Å². The molecule has 1 saturated heterocycles. The SMILES string of the molecule is CCCCCCCCCCCCN1CCN(CCO)C1CC.Cc1ccccc1S(=O)(=O)O. The van der Waals surface area contributed by atoms with E-state index in [1.54, 1.807) is 25.1 Å². The van der Waals surface area contributed by atoms with Gasteiger partial charge in [0.15, 0.2) is 0 Å². The van der Waals surface area contributed by atoms with Crippen LogP contribution >= 0.6 is 0 Å². The molecule has 0 aromatic heterocycles. The van der Waals surface area contributed by atoms with Crippen molar-refractivity contribution in [3.8, 4) is 0 Å². The van der Waals surface area contributed by atoms with Gasteiger partial charge in [0.05, 0.1) is 17.7 Å². The minimum atomic E-state index is -4.03. The molecule has 1 atom stereocenters. The zero-order chi connectivity index (χ0) is 24.5. The first-order chi connectivity index (χ1) is 15.8. The molecule has 1 fully saturated rings. The number of hydrogen-bond acceptors (Lipinski definition) is 5. The van der Waals surface area contributed by atoms with Crippen LogP contribution in [0.1, 0.15) is 90.0 Å². The van der Waals surface area contributed by atoms with Crippen molar-refractivity contribution >= 4 is 10.1 Å². The smallest absolute Gasteiger partial charge is 0.294 e. The molecule has 0 radical (unpaired) electrons. The van der Waals surface area contributed by atoms with Gasteiger partial charge in [0.25, 0.3) is 10.1 Å². The van der Waals surface area contributed by atoms with Gasteiger partial charge in [0.1, 0.15) is 0 Å². The van der Waals surface area contributed by atoms with E-state index in [0.29, 0.717) is 18.3 Å². The van der Waals surface area contributed by atoms with E-state index in [0.717, 1.165) is 13.1 Å². The highest BCUT2D eigenvalue weighted by molar-refractivity contribution is 7.85. The lowest BCUT2D eigenvalue weighted by Gasteiger charge is -2.29. The minimum absolute atomic E-state index is 0.0278. The number of aryl methyl sites for hydroxylation is 1. The molecule has 6 nitrogen and oxygen atoms in total. The molecule has 0 saturated carbocycles. The van der Waals surface area contributed by atoms with Crippen LogP contribution in [-0.2, 0) is 10.1 Å². The molecule has 33 heavy (non-hydrogen) atoms. The molecule has 2 N–H and O–H groups in total. The molecule has 1 aromatic rings. The van der Waals surface area contributed by atoms with Crippen molar-refractivity contribution in [2.24, 2.45) is 0 Å². The standard InChI is InChI=1S/C19H40N2O.C7H8O3S/c1-3-5-6-7-8-9-10-11-12-13-14-20-15-16-21(17-18-22)19(20)4-2;1-6-4-2-3-5-7(6)11(8,9)10/h19,22H,3-18H2,1-2H3;2-5H,1H3,(H,8,9,10). The Labute approximate surface area is 203 Å². The third-order valence-corrected chi connectivity index (χ3v) is 7.45. The summed E-state index contributed by atoms with van der Waals surface area (Å²) in [6.45, 7) is 10.9. The van der Waals surface area contributed by atoms with Crippen molar-refractivity contribution in [3.05, 3.63) is 29.8 Å². The second-order valence-electron chi connectivity index (χ2n) is 9.11. The predicted octanol–water partition coefficient (Wildman–Crippen LogP) is 5.50. The van der Waals surface area contributed by atoms with Crippen molar-refractivity contribution in [1.82, 2.24) is 9.80 Å². The molecule has 1 unspecified atom stereocenters. The molecule has 0 bridgehead atoms. The molecule has 1 aliphatic rings. The van der Waals surface area contributed by atoms with E-state index in [1.165, 1.54) is 89.8 Å². The Hall–Kier alpha value is -0.990. The Balaban J connectivity index is 0.000000412. The van der Waals surface area contributed by atoms with Crippen molar-refractivity contribution < 1.29 is 18.1 Å². The highest BCUT2D eigenvalue weighted by Gasteiger charge is 2.29. The van der Waals surface area contributed by atoms with Crippen LogP contribution in [0.2, 0.25) is 0 Å². The first-order valence-corrected chi connectivity index (χ1v) is 14.4. The van der Waals surface area contributed by atoms with Gasteiger partial charge in [-0.25, -0.2) is 0 Å². The summed E-state index contributed by atoms with van der Waals surface area (Å²) >= 11 is 0. The van der Waals surface area contributed by atoms with Crippen molar-refractivity contribution in [2.45, 2.75) is 102 Å². The van der Waals surface area contributed by atoms with Gasteiger partial charge in [0, 0.05) is 19.6 Å². The van der Waals surface area contributed by atoms with Crippen molar-refractivity contribution in [2.75, 3.05) is 32.8 Å². The number of hydrogen-bond donors (Lipinski definition) is 2. The number of β-amino-alcohol motifs (C(OH)–C–C–N with tert-alkyl or cyclic N) is 1. The van der Waals surface area contributed by atoms with Gasteiger partial charge in [-0.2, -0.15) is 8.42 Å². The van der Waals surface area contributed by atoms with E-state index in [4.69, 9.17) is 9.66 Å². The van der Waals surface area contributed by atoms with Crippen LogP contribution in [0.5, 0.6) is 0 Å². The fourth-order valence-corrected chi connectivity index (χ4v) is 5.33. The van der Waals surface area contributed by atoms with E-state index in [9.17, 15) is 8.42 Å². The molecule has 1 aliphatic heterocycles. The zero-order valence-electron chi connectivity index (χ0n) is 21.2. The van der Waals surface area contributed by atoms with Gasteiger partial charge in [-0.1, -0.05) is 89.8 Å². The van der Waals surface area contributed by atoms with Crippen LogP contribution < -0.4 is 0 Å². The van der Waals surface area contributed by atoms with Gasteiger partial charge < -0.3 is 5.11 Å². The van der Waals surface area contributed by atoms with E-state index >= 15 is 0 Å². The first kappa shape index (κ1) is 30.0. The second kappa shape index (κ2) is 17.4. The lowest BCUT2D eigenvalue weighted by atomic mass is 10.1. The highest BCUT2D eigenvalue weighted by atomic mass is 32.2. The Morgan fingerprint density at radius 3 is 1.82 bits per heavy atom. The molecule has 0 spiro atoms. The minimum Gasteiger partial charge on any atom is -0.395 e. The fourth-order valence-electron chi connectivity index (χ4n) is 4.60. The van der Waals surface area contributed by atoms with Gasteiger partial charge in [-0.15, -0.1) is 0 Å². The Kier molecular flexibility index (Phi) is 15.9. The van der Waals surface area contributed by atoms with Crippen LogP contribution in [0.4, 0.5) is 0 Å². The summed E-state index contributed by atoms with van der Waals surface area (Å²) in [5, 5.41) is 9.13. The maximum absolute atomic E-state index is 10.6. The van der Waals surface area contributed by atoms with E-state index in [1.807, 2.05) is 0 Å².